The Morgan fingerprint density at radius 1 is 1.17 bits per heavy atom. The zero-order chi connectivity index (χ0) is 17.0. The summed E-state index contributed by atoms with van der Waals surface area (Å²) in [5, 5.41) is 0. The number of ether oxygens (including phenoxy) is 1. The van der Waals surface area contributed by atoms with Crippen molar-refractivity contribution in [3.63, 3.8) is 0 Å². The average Bonchev–Trinajstić information content (AvgIpc) is 3.01. The van der Waals surface area contributed by atoms with Gasteiger partial charge in [0.05, 0.1) is 12.7 Å². The first-order valence-electron chi connectivity index (χ1n) is 10.2. The molecule has 0 amide bonds. The monoisotopic (exact) mass is 329 g/mol. The lowest BCUT2D eigenvalue weighted by Crippen LogP contribution is -2.35. The van der Waals surface area contributed by atoms with Gasteiger partial charge in [-0.2, -0.15) is 0 Å². The first kappa shape index (κ1) is 17.9. The number of unbranched alkanes of at least 4 members (excludes halogenated alkanes) is 3. The van der Waals surface area contributed by atoms with Gasteiger partial charge in [0, 0.05) is 5.54 Å². The molecule has 2 nitrogen and oxygen atoms in total. The molecular weight excluding hydrogens is 294 g/mol. The minimum Gasteiger partial charge on any atom is -0.373 e. The molecule has 0 spiro atoms. The van der Waals surface area contributed by atoms with E-state index in [-0.39, 0.29) is 5.54 Å². The number of hydrogen-bond acceptors (Lipinski definition) is 2. The summed E-state index contributed by atoms with van der Waals surface area (Å²) in [6.45, 7) is 5.30. The third kappa shape index (κ3) is 4.21. The highest BCUT2D eigenvalue weighted by Crippen LogP contribution is 2.42. The van der Waals surface area contributed by atoms with E-state index in [9.17, 15) is 0 Å². The summed E-state index contributed by atoms with van der Waals surface area (Å²) in [7, 11) is 0. The summed E-state index contributed by atoms with van der Waals surface area (Å²) in [5.41, 5.74) is 11.0. The predicted molar refractivity (Wildman–Crippen MR) is 101 cm³/mol. The second-order valence-corrected chi connectivity index (χ2v) is 8.17. The lowest BCUT2D eigenvalue weighted by molar-refractivity contribution is 0.0216. The Labute approximate surface area is 148 Å². The first-order chi connectivity index (χ1) is 11.6. The van der Waals surface area contributed by atoms with E-state index < -0.39 is 0 Å². The molecule has 0 bridgehead atoms. The Hall–Kier alpha value is -0.860. The van der Waals surface area contributed by atoms with E-state index in [2.05, 4.69) is 32.0 Å². The van der Waals surface area contributed by atoms with Crippen LogP contribution in [0.25, 0.3) is 0 Å². The molecule has 1 aliphatic carbocycles. The van der Waals surface area contributed by atoms with Crippen molar-refractivity contribution >= 4 is 0 Å². The molecule has 0 radical (unpaired) electrons. The van der Waals surface area contributed by atoms with Crippen molar-refractivity contribution in [2.75, 3.05) is 0 Å². The van der Waals surface area contributed by atoms with E-state index in [0.29, 0.717) is 12.0 Å². The molecule has 1 heterocycles. The summed E-state index contributed by atoms with van der Waals surface area (Å²) in [4.78, 5) is 0. The van der Waals surface area contributed by atoms with Crippen LogP contribution in [0.2, 0.25) is 0 Å². The van der Waals surface area contributed by atoms with Crippen LogP contribution in [0.4, 0.5) is 0 Å². The van der Waals surface area contributed by atoms with Gasteiger partial charge >= 0.3 is 0 Å². The second-order valence-electron chi connectivity index (χ2n) is 8.17. The fourth-order valence-corrected chi connectivity index (χ4v) is 4.49. The van der Waals surface area contributed by atoms with Crippen molar-refractivity contribution in [1.82, 2.24) is 0 Å². The van der Waals surface area contributed by atoms with Crippen LogP contribution < -0.4 is 5.73 Å². The Kier molecular flexibility index (Phi) is 5.99. The Morgan fingerprint density at radius 2 is 2.04 bits per heavy atom. The van der Waals surface area contributed by atoms with E-state index in [4.69, 9.17) is 10.5 Å². The highest BCUT2D eigenvalue weighted by molar-refractivity contribution is 5.36. The summed E-state index contributed by atoms with van der Waals surface area (Å²) < 4.78 is 6.14. The maximum atomic E-state index is 6.49. The van der Waals surface area contributed by atoms with E-state index in [1.54, 1.807) is 0 Å². The molecule has 2 aliphatic rings. The maximum absolute atomic E-state index is 6.49. The van der Waals surface area contributed by atoms with Crippen LogP contribution in [-0.4, -0.2) is 11.6 Å². The number of nitrogens with two attached hydrogens (primary N) is 1. The number of benzene rings is 1. The van der Waals surface area contributed by atoms with Crippen molar-refractivity contribution in [2.45, 2.75) is 102 Å². The highest BCUT2D eigenvalue weighted by atomic mass is 16.5. The van der Waals surface area contributed by atoms with E-state index in [0.717, 1.165) is 25.9 Å². The standard InChI is InChI=1S/C22H35NO/c1-3-5-6-7-8-21-14-18-10-9-17(13-20(18)16-24-21)19-11-12-22(23,4-2)15-19/h9-10,13,19,21H,3-8,11-12,14-16,23H2,1-2H3/t19-,21?,22+/m0/s1. The smallest absolute Gasteiger partial charge is 0.0723 e. The lowest BCUT2D eigenvalue weighted by Gasteiger charge is -2.27. The molecule has 1 aliphatic heterocycles. The Morgan fingerprint density at radius 3 is 2.79 bits per heavy atom. The maximum Gasteiger partial charge on any atom is 0.0723 e. The molecule has 1 aromatic rings. The third-order valence-electron chi connectivity index (χ3n) is 6.35. The van der Waals surface area contributed by atoms with Gasteiger partial charge in [-0.05, 0) is 61.1 Å². The van der Waals surface area contributed by atoms with Gasteiger partial charge in [-0.15, -0.1) is 0 Å². The van der Waals surface area contributed by atoms with Crippen molar-refractivity contribution in [3.05, 3.63) is 34.9 Å². The Balaban J connectivity index is 1.58. The van der Waals surface area contributed by atoms with Gasteiger partial charge in [0.15, 0.2) is 0 Å². The topological polar surface area (TPSA) is 35.2 Å². The van der Waals surface area contributed by atoms with Crippen molar-refractivity contribution < 1.29 is 4.74 Å². The van der Waals surface area contributed by atoms with Gasteiger partial charge in [0.1, 0.15) is 0 Å². The summed E-state index contributed by atoms with van der Waals surface area (Å²) in [5.74, 6) is 0.645. The van der Waals surface area contributed by atoms with Gasteiger partial charge in [0.25, 0.3) is 0 Å². The van der Waals surface area contributed by atoms with Gasteiger partial charge < -0.3 is 10.5 Å². The van der Waals surface area contributed by atoms with Crippen LogP contribution in [0.3, 0.4) is 0 Å². The summed E-state index contributed by atoms with van der Waals surface area (Å²) in [6.07, 6.45) is 12.7. The fraction of sp³-hybridized carbons (Fsp3) is 0.727. The van der Waals surface area contributed by atoms with Crippen LogP contribution in [0, 0.1) is 0 Å². The molecule has 2 heteroatoms. The number of hydrogen-bond donors (Lipinski definition) is 1. The predicted octanol–water partition coefficient (Wildman–Crippen LogP) is 5.47. The molecule has 3 atom stereocenters. The minimum atomic E-state index is 0.0701. The molecule has 1 unspecified atom stereocenters. The second kappa shape index (κ2) is 8.01. The van der Waals surface area contributed by atoms with Gasteiger partial charge in [-0.1, -0.05) is 57.7 Å². The van der Waals surface area contributed by atoms with E-state index in [1.807, 2.05) is 0 Å². The molecule has 2 N–H and O–H groups in total. The number of rotatable bonds is 7. The van der Waals surface area contributed by atoms with Crippen LogP contribution in [0.15, 0.2) is 18.2 Å². The van der Waals surface area contributed by atoms with Crippen LogP contribution in [0.5, 0.6) is 0 Å². The molecule has 3 rings (SSSR count). The molecule has 24 heavy (non-hydrogen) atoms. The van der Waals surface area contributed by atoms with Crippen molar-refractivity contribution in [3.8, 4) is 0 Å². The average molecular weight is 330 g/mol. The van der Waals surface area contributed by atoms with Crippen molar-refractivity contribution in [1.29, 1.82) is 0 Å². The molecule has 1 saturated carbocycles. The quantitative estimate of drug-likeness (QED) is 0.673. The normalized spacial score (nSPS) is 29.6. The zero-order valence-corrected chi connectivity index (χ0v) is 15.7. The molecule has 134 valence electrons. The first-order valence-corrected chi connectivity index (χ1v) is 10.2. The molecule has 0 saturated heterocycles. The summed E-state index contributed by atoms with van der Waals surface area (Å²) in [6, 6.07) is 7.15. The lowest BCUT2D eigenvalue weighted by atomic mass is 9.88. The SMILES string of the molecule is CCCCCCC1Cc2ccc([C@H]3CC[C@](N)(CC)C3)cc2CO1. The molecule has 0 aromatic heterocycles. The zero-order valence-electron chi connectivity index (χ0n) is 15.7. The molecule has 1 aromatic carbocycles. The third-order valence-corrected chi connectivity index (χ3v) is 6.35. The largest absolute Gasteiger partial charge is 0.373 e. The van der Waals surface area contributed by atoms with Crippen LogP contribution in [-0.2, 0) is 17.8 Å². The van der Waals surface area contributed by atoms with E-state index >= 15 is 0 Å². The van der Waals surface area contributed by atoms with Gasteiger partial charge in [0.2, 0.25) is 0 Å². The number of fused-ring (bicyclic) bond motifs is 1. The van der Waals surface area contributed by atoms with Crippen LogP contribution in [0.1, 0.15) is 94.2 Å². The van der Waals surface area contributed by atoms with Gasteiger partial charge in [-0.3, -0.25) is 0 Å². The van der Waals surface area contributed by atoms with Crippen molar-refractivity contribution in [2.24, 2.45) is 5.73 Å². The minimum absolute atomic E-state index is 0.0701. The Bertz CT molecular complexity index is 541. The fourth-order valence-electron chi connectivity index (χ4n) is 4.49. The highest BCUT2D eigenvalue weighted by Gasteiger charge is 2.35. The summed E-state index contributed by atoms with van der Waals surface area (Å²) >= 11 is 0. The molecule has 1 fully saturated rings. The van der Waals surface area contributed by atoms with Gasteiger partial charge in [-0.25, -0.2) is 0 Å². The molecular formula is C22H35NO. The van der Waals surface area contributed by atoms with Crippen LogP contribution >= 0.6 is 0 Å². The van der Waals surface area contributed by atoms with E-state index in [1.165, 1.54) is 61.6 Å².